The van der Waals surface area contributed by atoms with E-state index in [4.69, 9.17) is 5.26 Å². The summed E-state index contributed by atoms with van der Waals surface area (Å²) in [6, 6.07) is 13.7. The molecule has 2 aromatic rings. The summed E-state index contributed by atoms with van der Waals surface area (Å²) in [5.74, 6) is 0. The van der Waals surface area contributed by atoms with Gasteiger partial charge < -0.3 is 0 Å². The summed E-state index contributed by atoms with van der Waals surface area (Å²) in [5.41, 5.74) is 2.44. The minimum Gasteiger partial charge on any atom is -0.257 e. The Morgan fingerprint density at radius 3 is 2.57 bits per heavy atom. The second-order valence-corrected chi connectivity index (χ2v) is 3.02. The second-order valence-electron chi connectivity index (χ2n) is 3.02. The molecule has 0 saturated carbocycles. The monoisotopic (exact) mass is 183 g/mol. The maximum Gasteiger partial charge on any atom is 0.138 e. The molecule has 0 aliphatic rings. The lowest BCUT2D eigenvalue weighted by molar-refractivity contribution is 0.759. The third-order valence-corrected chi connectivity index (χ3v) is 2.06. The van der Waals surface area contributed by atoms with Crippen molar-refractivity contribution in [3.8, 4) is 17.3 Å². The lowest BCUT2D eigenvalue weighted by Gasteiger charge is -1.93. The van der Waals surface area contributed by atoms with E-state index in [2.05, 4.69) is 11.2 Å². The lowest BCUT2D eigenvalue weighted by Crippen LogP contribution is -1.93. The molecule has 0 radical (unpaired) electrons. The summed E-state index contributed by atoms with van der Waals surface area (Å²) in [6.45, 7) is 0. The van der Waals surface area contributed by atoms with Crippen LogP contribution >= 0.6 is 0 Å². The van der Waals surface area contributed by atoms with Crippen molar-refractivity contribution in [2.24, 2.45) is 7.05 Å². The van der Waals surface area contributed by atoms with E-state index < -0.39 is 0 Å². The third-order valence-electron chi connectivity index (χ3n) is 2.06. The van der Waals surface area contributed by atoms with Gasteiger partial charge in [0.15, 0.2) is 0 Å². The quantitative estimate of drug-likeness (QED) is 0.678. The second kappa shape index (κ2) is 3.35. The molecule has 14 heavy (non-hydrogen) atoms. The van der Waals surface area contributed by atoms with Crippen LogP contribution in [0, 0.1) is 11.3 Å². The van der Waals surface area contributed by atoms with Crippen LogP contribution in [0.1, 0.15) is 5.69 Å². The van der Waals surface area contributed by atoms with Gasteiger partial charge in [0.2, 0.25) is 0 Å². The van der Waals surface area contributed by atoms with Crippen LogP contribution in [-0.4, -0.2) is 9.78 Å². The van der Waals surface area contributed by atoms with Crippen molar-refractivity contribution in [1.29, 1.82) is 5.26 Å². The largest absolute Gasteiger partial charge is 0.257 e. The van der Waals surface area contributed by atoms with E-state index in [1.54, 1.807) is 17.8 Å². The normalized spacial score (nSPS) is 9.71. The number of nitrogens with zero attached hydrogens (tertiary/aromatic N) is 3. The first-order valence-corrected chi connectivity index (χ1v) is 4.31. The number of aromatic nitrogens is 2. The summed E-state index contributed by atoms with van der Waals surface area (Å²) < 4.78 is 1.59. The summed E-state index contributed by atoms with van der Waals surface area (Å²) >= 11 is 0. The molecule has 0 fully saturated rings. The highest BCUT2D eigenvalue weighted by Crippen LogP contribution is 2.17. The number of hydrogen-bond acceptors (Lipinski definition) is 2. The van der Waals surface area contributed by atoms with E-state index in [-0.39, 0.29) is 0 Å². The molecule has 2 rings (SSSR count). The van der Waals surface area contributed by atoms with Crippen molar-refractivity contribution >= 4 is 0 Å². The van der Waals surface area contributed by atoms with E-state index in [0.717, 1.165) is 11.3 Å². The molecular formula is C11H9N3. The molecule has 0 N–H and O–H groups in total. The highest BCUT2D eigenvalue weighted by molar-refractivity contribution is 5.59. The lowest BCUT2D eigenvalue weighted by atomic mass is 10.1. The number of hydrogen-bond donors (Lipinski definition) is 0. The molecule has 0 atom stereocenters. The molecule has 0 aliphatic carbocycles. The molecule has 0 amide bonds. The Bertz CT molecular complexity index is 477. The van der Waals surface area contributed by atoms with Crippen LogP contribution in [0.25, 0.3) is 11.3 Å². The van der Waals surface area contributed by atoms with Gasteiger partial charge in [-0.25, -0.2) is 0 Å². The minimum atomic E-state index is 0.573. The van der Waals surface area contributed by atoms with Crippen molar-refractivity contribution in [2.75, 3.05) is 0 Å². The van der Waals surface area contributed by atoms with Gasteiger partial charge in [0.25, 0.3) is 0 Å². The summed E-state index contributed by atoms with van der Waals surface area (Å²) in [6.07, 6.45) is 0. The van der Waals surface area contributed by atoms with E-state index in [0.29, 0.717) is 5.69 Å². The van der Waals surface area contributed by atoms with Gasteiger partial charge in [-0.1, -0.05) is 30.3 Å². The van der Waals surface area contributed by atoms with Crippen LogP contribution in [-0.2, 0) is 7.05 Å². The average Bonchev–Trinajstić information content (AvgIpc) is 2.61. The topological polar surface area (TPSA) is 41.6 Å². The van der Waals surface area contributed by atoms with Crippen LogP contribution in [0.15, 0.2) is 36.4 Å². The van der Waals surface area contributed by atoms with Crippen molar-refractivity contribution in [3.63, 3.8) is 0 Å². The van der Waals surface area contributed by atoms with Crippen LogP contribution in [0.2, 0.25) is 0 Å². The number of rotatable bonds is 1. The Hall–Kier alpha value is -2.08. The first-order chi connectivity index (χ1) is 6.81. The van der Waals surface area contributed by atoms with Crippen molar-refractivity contribution in [3.05, 3.63) is 42.1 Å². The molecular weight excluding hydrogens is 174 g/mol. The summed E-state index contributed by atoms with van der Waals surface area (Å²) in [7, 11) is 1.77. The van der Waals surface area contributed by atoms with Crippen LogP contribution in [0.5, 0.6) is 0 Å². The van der Waals surface area contributed by atoms with Gasteiger partial charge >= 0.3 is 0 Å². The fourth-order valence-electron chi connectivity index (χ4n) is 1.32. The van der Waals surface area contributed by atoms with E-state index in [1.165, 1.54) is 0 Å². The van der Waals surface area contributed by atoms with Crippen molar-refractivity contribution in [2.45, 2.75) is 0 Å². The van der Waals surface area contributed by atoms with E-state index >= 15 is 0 Å². The van der Waals surface area contributed by atoms with Gasteiger partial charge in [-0.2, -0.15) is 10.4 Å². The van der Waals surface area contributed by atoms with Gasteiger partial charge in [0, 0.05) is 18.7 Å². The highest BCUT2D eigenvalue weighted by Gasteiger charge is 2.04. The molecule has 0 unspecified atom stereocenters. The molecule has 0 spiro atoms. The molecule has 1 heterocycles. The summed E-state index contributed by atoms with van der Waals surface area (Å²) in [4.78, 5) is 0. The third kappa shape index (κ3) is 1.38. The first-order valence-electron chi connectivity index (χ1n) is 4.31. The smallest absolute Gasteiger partial charge is 0.138 e. The standard InChI is InChI=1S/C11H9N3/c1-14-10(8-12)7-11(13-14)9-5-3-2-4-6-9/h2-7H,1H3. The zero-order valence-electron chi connectivity index (χ0n) is 7.81. The zero-order valence-corrected chi connectivity index (χ0v) is 7.81. The first kappa shape index (κ1) is 8.52. The molecule has 0 aliphatic heterocycles. The predicted octanol–water partition coefficient (Wildman–Crippen LogP) is 1.96. The fraction of sp³-hybridized carbons (Fsp3) is 0.0909. The Balaban J connectivity index is 2.50. The summed E-state index contributed by atoms with van der Waals surface area (Å²) in [5, 5.41) is 13.0. The zero-order chi connectivity index (χ0) is 9.97. The fourth-order valence-corrected chi connectivity index (χ4v) is 1.32. The Kier molecular flexibility index (Phi) is 2.04. The highest BCUT2D eigenvalue weighted by atomic mass is 15.3. The van der Waals surface area contributed by atoms with Crippen LogP contribution < -0.4 is 0 Å². The molecule has 0 bridgehead atoms. The molecule has 68 valence electrons. The molecule has 3 heteroatoms. The Morgan fingerprint density at radius 2 is 2.00 bits per heavy atom. The predicted molar refractivity (Wildman–Crippen MR) is 53.4 cm³/mol. The van der Waals surface area contributed by atoms with Gasteiger partial charge in [0.05, 0.1) is 5.69 Å². The van der Waals surface area contributed by atoms with Gasteiger partial charge in [-0.3, -0.25) is 4.68 Å². The van der Waals surface area contributed by atoms with Crippen molar-refractivity contribution < 1.29 is 0 Å². The number of aryl methyl sites for hydroxylation is 1. The van der Waals surface area contributed by atoms with Crippen molar-refractivity contribution in [1.82, 2.24) is 9.78 Å². The molecule has 3 nitrogen and oxygen atoms in total. The number of benzene rings is 1. The SMILES string of the molecule is Cn1nc(-c2ccccc2)cc1C#N. The average molecular weight is 183 g/mol. The van der Waals surface area contributed by atoms with E-state index in [9.17, 15) is 0 Å². The molecule has 0 saturated heterocycles. The van der Waals surface area contributed by atoms with Gasteiger partial charge in [-0.15, -0.1) is 0 Å². The Morgan fingerprint density at radius 1 is 1.29 bits per heavy atom. The van der Waals surface area contributed by atoms with Crippen LogP contribution in [0.4, 0.5) is 0 Å². The Labute approximate surface area is 82.2 Å². The molecule has 1 aromatic heterocycles. The maximum absolute atomic E-state index is 8.77. The molecule has 1 aromatic carbocycles. The minimum absolute atomic E-state index is 0.573. The maximum atomic E-state index is 8.77. The number of nitriles is 1. The van der Waals surface area contributed by atoms with Gasteiger partial charge in [-0.05, 0) is 0 Å². The van der Waals surface area contributed by atoms with Crippen LogP contribution in [0.3, 0.4) is 0 Å². The van der Waals surface area contributed by atoms with E-state index in [1.807, 2.05) is 30.3 Å². The van der Waals surface area contributed by atoms with Gasteiger partial charge in [0.1, 0.15) is 11.8 Å².